The van der Waals surface area contributed by atoms with Crippen molar-refractivity contribution in [2.45, 2.75) is 101 Å². The van der Waals surface area contributed by atoms with E-state index in [-0.39, 0.29) is 11.4 Å². The van der Waals surface area contributed by atoms with Crippen molar-refractivity contribution in [1.82, 2.24) is 9.55 Å². The summed E-state index contributed by atoms with van der Waals surface area (Å²) in [4.78, 5) is 41.4. The summed E-state index contributed by atoms with van der Waals surface area (Å²) >= 11 is 0. The first-order valence-electron chi connectivity index (χ1n) is 14.2. The zero-order chi connectivity index (χ0) is 30.0. The van der Waals surface area contributed by atoms with Crippen molar-refractivity contribution in [3.63, 3.8) is 0 Å². The number of rotatable bonds is 16. The highest BCUT2D eigenvalue weighted by Crippen LogP contribution is 2.42. The van der Waals surface area contributed by atoms with Crippen molar-refractivity contribution in [3.05, 3.63) is 58.1 Å². The number of aromatic nitrogens is 2. The number of halogens is 2. The van der Waals surface area contributed by atoms with E-state index in [1.165, 1.54) is 38.2 Å². The number of hydrogen-bond acceptors (Lipinski definition) is 7. The Hall–Kier alpha value is -3.22. The van der Waals surface area contributed by atoms with Gasteiger partial charge in [-0.25, -0.2) is 4.79 Å². The third-order valence-corrected chi connectivity index (χ3v) is 7.36. The molecule has 0 aliphatic carbocycles. The first kappa shape index (κ1) is 32.3. The Bertz CT molecular complexity index is 1220. The third kappa shape index (κ3) is 8.17. The second-order valence-electron chi connectivity index (χ2n) is 10.4. The Balaban J connectivity index is 1.65. The van der Waals surface area contributed by atoms with E-state index in [2.05, 4.69) is 17.2 Å². The lowest BCUT2D eigenvalue weighted by Gasteiger charge is -2.21. The topological polar surface area (TPSA) is 151 Å². The molecule has 10 nitrogen and oxygen atoms in total. The normalized spacial score (nSPS) is 20.6. The predicted octanol–water partition coefficient (Wildman–Crippen LogP) is 4.47. The largest absolute Gasteiger partial charge is 0.481 e. The number of nitrogens with one attached hydrogen (secondary N) is 1. The summed E-state index contributed by atoms with van der Waals surface area (Å²) in [6, 6.07) is 7.39. The van der Waals surface area contributed by atoms with E-state index in [1.807, 2.05) is 0 Å². The van der Waals surface area contributed by atoms with E-state index in [9.17, 15) is 33.4 Å². The lowest BCUT2D eigenvalue weighted by atomic mass is 9.89. The summed E-state index contributed by atoms with van der Waals surface area (Å²) in [5, 5.41) is 31.2. The fourth-order valence-electron chi connectivity index (χ4n) is 5.04. The summed E-state index contributed by atoms with van der Waals surface area (Å²) < 4.78 is 34.3. The number of carboxylic acids is 1. The Morgan fingerprint density at radius 2 is 1.71 bits per heavy atom. The number of aliphatic hydroxyl groups excluding tert-OH is 2. The minimum atomic E-state index is -3.87. The van der Waals surface area contributed by atoms with Gasteiger partial charge in [-0.05, 0) is 24.1 Å². The van der Waals surface area contributed by atoms with Crippen molar-refractivity contribution in [2.24, 2.45) is 0 Å². The number of unbranched alkanes of at least 4 members (excludes halogenated alkanes) is 8. The van der Waals surface area contributed by atoms with Crippen LogP contribution >= 0.6 is 0 Å². The minimum Gasteiger partial charge on any atom is -0.481 e. The average Bonchev–Trinajstić information content (AvgIpc) is 3.17. The molecule has 2 heterocycles. The van der Waals surface area contributed by atoms with Crippen LogP contribution in [0.2, 0.25) is 0 Å². The number of anilines is 1. The van der Waals surface area contributed by atoms with Crippen LogP contribution < -0.4 is 11.0 Å². The van der Waals surface area contributed by atoms with Crippen molar-refractivity contribution in [1.29, 1.82) is 0 Å². The zero-order valence-corrected chi connectivity index (χ0v) is 23.2. The number of carbonyl (C=O) groups is 2. The molecule has 1 aliphatic rings. The molecule has 0 bridgehead atoms. The van der Waals surface area contributed by atoms with Gasteiger partial charge < -0.3 is 25.4 Å². The smallest absolute Gasteiger partial charge is 0.351 e. The summed E-state index contributed by atoms with van der Waals surface area (Å²) in [6.45, 7) is 1.30. The molecule has 0 saturated carbocycles. The van der Waals surface area contributed by atoms with Crippen LogP contribution in [0, 0.1) is 0 Å². The van der Waals surface area contributed by atoms with Gasteiger partial charge in [0.25, 0.3) is 5.91 Å². The molecule has 4 N–H and O–H groups in total. The van der Waals surface area contributed by atoms with E-state index in [1.54, 1.807) is 18.2 Å². The molecule has 41 heavy (non-hydrogen) atoms. The van der Waals surface area contributed by atoms with Crippen molar-refractivity contribution < 1.29 is 38.4 Å². The van der Waals surface area contributed by atoms with Crippen LogP contribution in [0.4, 0.5) is 14.6 Å². The number of carboxylic acid groups (broad SMARTS) is 1. The number of ether oxygens (including phenoxy) is 1. The van der Waals surface area contributed by atoms with E-state index in [4.69, 9.17) is 9.84 Å². The molecule has 1 aromatic carbocycles. The van der Waals surface area contributed by atoms with E-state index in [0.717, 1.165) is 31.5 Å². The zero-order valence-electron chi connectivity index (χ0n) is 23.2. The Labute approximate surface area is 237 Å². The maximum Gasteiger partial charge on any atom is 0.351 e. The highest BCUT2D eigenvalue weighted by Gasteiger charge is 2.59. The fourth-order valence-corrected chi connectivity index (χ4v) is 5.04. The molecule has 2 aromatic rings. The average molecular weight is 580 g/mol. The summed E-state index contributed by atoms with van der Waals surface area (Å²) in [5.41, 5.74) is -0.755. The molecule has 1 saturated heterocycles. The molecule has 4 atom stereocenters. The molecule has 1 aliphatic heterocycles. The van der Waals surface area contributed by atoms with Gasteiger partial charge in [0.15, 0.2) is 6.10 Å². The maximum absolute atomic E-state index is 14.4. The summed E-state index contributed by atoms with van der Waals surface area (Å²) in [6.07, 6.45) is 4.99. The molecule has 0 radical (unpaired) electrons. The van der Waals surface area contributed by atoms with Crippen molar-refractivity contribution in [3.8, 4) is 0 Å². The molecule has 0 spiro atoms. The highest BCUT2D eigenvalue weighted by molar-refractivity contribution is 6.05. The quantitative estimate of drug-likeness (QED) is 0.213. The molecule has 12 heteroatoms. The van der Waals surface area contributed by atoms with Gasteiger partial charge in [0.2, 0.25) is 6.23 Å². The molecule has 226 valence electrons. The van der Waals surface area contributed by atoms with Crippen LogP contribution in [-0.2, 0) is 9.53 Å². The number of aliphatic carboxylic acids is 1. The van der Waals surface area contributed by atoms with Gasteiger partial charge in [-0.1, -0.05) is 82.9 Å². The second-order valence-corrected chi connectivity index (χ2v) is 10.4. The maximum atomic E-state index is 14.4. The standard InChI is InChI=1S/C29H39F2N3O7/c1-2-3-4-5-6-7-8-9-10-15-21(26(38)39)19-13-11-12-14-20(19)25(37)32-23-16-17-34(28(40)33-23)27-29(30,31)24(36)22(18-35)41-27/h11-14,16-17,21-22,24,27,35-36H,2-10,15,18H2,1H3,(H,38,39)(H,32,33,37,40). The van der Waals surface area contributed by atoms with E-state index >= 15 is 0 Å². The SMILES string of the molecule is CCCCCCCCCCCC(C(=O)O)c1ccccc1C(=O)Nc1ccn(C2OC(CO)C(O)C2(F)F)c(=O)n1. The van der Waals surface area contributed by atoms with Crippen LogP contribution in [0.5, 0.6) is 0 Å². The molecule has 3 rings (SSSR count). The van der Waals surface area contributed by atoms with Gasteiger partial charge in [-0.3, -0.25) is 14.2 Å². The number of nitrogens with zero attached hydrogens (tertiary/aromatic N) is 2. The molecule has 1 fully saturated rings. The number of hydrogen-bond donors (Lipinski definition) is 4. The van der Waals surface area contributed by atoms with Gasteiger partial charge in [0, 0.05) is 11.8 Å². The van der Waals surface area contributed by atoms with Gasteiger partial charge in [0.1, 0.15) is 11.9 Å². The van der Waals surface area contributed by atoms with E-state index < -0.39 is 54.4 Å². The van der Waals surface area contributed by atoms with Crippen LogP contribution in [-0.4, -0.2) is 61.5 Å². The number of amides is 1. The lowest BCUT2D eigenvalue weighted by Crippen LogP contribution is -2.41. The van der Waals surface area contributed by atoms with Crippen molar-refractivity contribution >= 4 is 17.7 Å². The Morgan fingerprint density at radius 1 is 1.07 bits per heavy atom. The monoisotopic (exact) mass is 579 g/mol. The fraction of sp³-hybridized carbons (Fsp3) is 0.586. The summed E-state index contributed by atoms with van der Waals surface area (Å²) in [5.74, 6) is -6.77. The van der Waals surface area contributed by atoms with Crippen LogP contribution in [0.25, 0.3) is 0 Å². The molecule has 1 aromatic heterocycles. The van der Waals surface area contributed by atoms with Crippen molar-refractivity contribution in [2.75, 3.05) is 11.9 Å². The Kier molecular flexibility index (Phi) is 11.9. The third-order valence-electron chi connectivity index (χ3n) is 7.36. The van der Waals surface area contributed by atoms with Crippen LogP contribution in [0.15, 0.2) is 41.3 Å². The highest BCUT2D eigenvalue weighted by atomic mass is 19.3. The number of aliphatic hydroxyl groups is 2. The van der Waals surface area contributed by atoms with Gasteiger partial charge in [-0.2, -0.15) is 13.8 Å². The predicted molar refractivity (Wildman–Crippen MR) is 147 cm³/mol. The first-order chi connectivity index (χ1) is 19.6. The number of benzene rings is 1. The second kappa shape index (κ2) is 15.1. The minimum absolute atomic E-state index is 0.0985. The molecule has 4 unspecified atom stereocenters. The Morgan fingerprint density at radius 3 is 2.29 bits per heavy atom. The molecular formula is C29H39F2N3O7. The number of alkyl halides is 2. The summed E-state index contributed by atoms with van der Waals surface area (Å²) in [7, 11) is 0. The van der Waals surface area contributed by atoms with Gasteiger partial charge >= 0.3 is 17.6 Å². The van der Waals surface area contributed by atoms with Gasteiger partial charge in [0.05, 0.1) is 12.5 Å². The van der Waals surface area contributed by atoms with Crippen LogP contribution in [0.1, 0.15) is 99.2 Å². The lowest BCUT2D eigenvalue weighted by molar-refractivity contribution is -0.141. The van der Waals surface area contributed by atoms with E-state index in [0.29, 0.717) is 23.0 Å². The molecule has 1 amide bonds. The van der Waals surface area contributed by atoms with Gasteiger partial charge in [-0.15, -0.1) is 0 Å². The van der Waals surface area contributed by atoms with Crippen LogP contribution in [0.3, 0.4) is 0 Å². The number of carbonyl (C=O) groups excluding carboxylic acids is 1. The first-order valence-corrected chi connectivity index (χ1v) is 14.2. The molecular weight excluding hydrogens is 540 g/mol.